The summed E-state index contributed by atoms with van der Waals surface area (Å²) in [5.41, 5.74) is 13.6. The van der Waals surface area contributed by atoms with Gasteiger partial charge in [0.15, 0.2) is 0 Å². The minimum atomic E-state index is 0. The molecular formula is C42H24N4Zn. The van der Waals surface area contributed by atoms with Crippen molar-refractivity contribution in [3.05, 3.63) is 146 Å². The van der Waals surface area contributed by atoms with Crippen LogP contribution in [0.5, 0.6) is 0 Å². The normalized spacial score (nSPS) is 11.7. The van der Waals surface area contributed by atoms with Crippen LogP contribution in [-0.2, 0) is 19.5 Å². The Morgan fingerprint density at radius 2 is 0.809 bits per heavy atom. The van der Waals surface area contributed by atoms with Gasteiger partial charge in [0.25, 0.3) is 0 Å². The van der Waals surface area contributed by atoms with Crippen molar-refractivity contribution in [1.82, 2.24) is 19.9 Å². The maximum absolute atomic E-state index is 5.41. The van der Waals surface area contributed by atoms with Gasteiger partial charge in [0.05, 0.1) is 22.8 Å². The van der Waals surface area contributed by atoms with Crippen molar-refractivity contribution in [3.63, 3.8) is 0 Å². The van der Waals surface area contributed by atoms with Crippen LogP contribution in [0.3, 0.4) is 0 Å². The Bertz CT molecular complexity index is 2700. The van der Waals surface area contributed by atoms with Crippen molar-refractivity contribution in [2.24, 2.45) is 0 Å². The fourth-order valence-corrected chi connectivity index (χ4v) is 7.09. The summed E-state index contributed by atoms with van der Waals surface area (Å²) >= 11 is 0. The van der Waals surface area contributed by atoms with E-state index < -0.39 is 0 Å². The van der Waals surface area contributed by atoms with E-state index in [2.05, 4.69) is 146 Å². The molecule has 5 heteroatoms. The SMILES string of the molecule is [Zn+2].c1ccc(-c2c3nc(cc4[n-]c(cc5nc(cc6[n-]c2c2ccccc62)-c2ccccc2-5)c2ccccc42)-c2ccccc2-3)cc1. The first-order valence-electron chi connectivity index (χ1n) is 15.5. The van der Waals surface area contributed by atoms with Gasteiger partial charge in [-0.1, -0.05) is 127 Å². The molecule has 0 saturated carbocycles. The second kappa shape index (κ2) is 10.7. The molecule has 5 aromatic carbocycles. The van der Waals surface area contributed by atoms with Gasteiger partial charge in [0.1, 0.15) is 0 Å². The molecular weight excluding hydrogens is 626 g/mol. The molecule has 5 heterocycles. The fourth-order valence-electron chi connectivity index (χ4n) is 7.09. The zero-order valence-corrected chi connectivity index (χ0v) is 28.3. The van der Waals surface area contributed by atoms with Gasteiger partial charge in [-0.25, -0.2) is 9.97 Å². The van der Waals surface area contributed by atoms with Gasteiger partial charge in [-0.3, -0.25) is 0 Å². The summed E-state index contributed by atoms with van der Waals surface area (Å²) in [6.07, 6.45) is 0. The van der Waals surface area contributed by atoms with E-state index in [0.717, 1.165) is 99.8 Å². The number of rotatable bonds is 1. The molecule has 0 atom stereocenters. The Morgan fingerprint density at radius 1 is 0.383 bits per heavy atom. The van der Waals surface area contributed by atoms with Gasteiger partial charge in [-0.15, -0.1) is 22.1 Å². The minimum Gasteiger partial charge on any atom is -0.657 e. The summed E-state index contributed by atoms with van der Waals surface area (Å²) in [4.78, 5) is 21.2. The summed E-state index contributed by atoms with van der Waals surface area (Å²) in [7, 11) is 0. The average molecular weight is 650 g/mol. The summed E-state index contributed by atoms with van der Waals surface area (Å²) in [5, 5.41) is 4.36. The number of hydrogen-bond acceptors (Lipinski definition) is 2. The van der Waals surface area contributed by atoms with E-state index in [1.165, 1.54) is 0 Å². The summed E-state index contributed by atoms with van der Waals surface area (Å²) in [5.74, 6) is 0. The van der Waals surface area contributed by atoms with Gasteiger partial charge < -0.3 is 9.97 Å². The van der Waals surface area contributed by atoms with Crippen LogP contribution in [0.15, 0.2) is 146 Å². The summed E-state index contributed by atoms with van der Waals surface area (Å²) < 4.78 is 0. The van der Waals surface area contributed by atoms with Gasteiger partial charge in [-0.05, 0) is 50.9 Å². The van der Waals surface area contributed by atoms with E-state index >= 15 is 0 Å². The Labute approximate surface area is 283 Å². The molecule has 0 aliphatic carbocycles. The zero-order chi connectivity index (χ0) is 30.2. The number of aromatic nitrogens is 4. The minimum absolute atomic E-state index is 0. The molecule has 3 aromatic heterocycles. The fraction of sp³-hybridized carbons (Fsp3) is 0. The molecule has 214 valence electrons. The Kier molecular flexibility index (Phi) is 6.31. The number of hydrogen-bond donors (Lipinski definition) is 0. The average Bonchev–Trinajstić information content (AvgIpc) is 3.85. The van der Waals surface area contributed by atoms with Crippen LogP contribution < -0.4 is 9.97 Å². The molecule has 0 unspecified atom stereocenters. The molecule has 8 bridgehead atoms. The van der Waals surface area contributed by atoms with Crippen LogP contribution in [0.25, 0.3) is 99.8 Å². The topological polar surface area (TPSA) is 54.0 Å². The molecule has 0 radical (unpaired) electrons. The number of benzene rings is 5. The van der Waals surface area contributed by atoms with Gasteiger partial charge >= 0.3 is 19.5 Å². The molecule has 0 amide bonds. The third kappa shape index (κ3) is 4.24. The molecule has 47 heavy (non-hydrogen) atoms. The molecule has 0 spiro atoms. The summed E-state index contributed by atoms with van der Waals surface area (Å²) in [6.45, 7) is 0. The van der Waals surface area contributed by atoms with Gasteiger partial charge in [-0.2, -0.15) is 0 Å². The molecule has 0 saturated heterocycles. The van der Waals surface area contributed by atoms with Crippen LogP contribution in [0.2, 0.25) is 0 Å². The van der Waals surface area contributed by atoms with E-state index in [-0.39, 0.29) is 19.5 Å². The molecule has 8 aromatic rings. The number of fused-ring (bicyclic) bond motifs is 20. The zero-order valence-electron chi connectivity index (χ0n) is 25.4. The molecule has 0 N–H and O–H groups in total. The largest absolute Gasteiger partial charge is 2.00 e. The van der Waals surface area contributed by atoms with Crippen molar-refractivity contribution < 1.29 is 19.5 Å². The molecule has 0 fully saturated rings. The van der Waals surface area contributed by atoms with E-state index in [9.17, 15) is 0 Å². The molecule has 2 aliphatic heterocycles. The van der Waals surface area contributed by atoms with E-state index in [0.29, 0.717) is 0 Å². The smallest absolute Gasteiger partial charge is 0.657 e. The Morgan fingerprint density at radius 3 is 1.40 bits per heavy atom. The van der Waals surface area contributed by atoms with Crippen LogP contribution in [0.1, 0.15) is 0 Å². The van der Waals surface area contributed by atoms with Crippen molar-refractivity contribution in [3.8, 4) is 56.2 Å². The van der Waals surface area contributed by atoms with Crippen LogP contribution in [0, 0.1) is 0 Å². The molecule has 10 rings (SSSR count). The quantitative estimate of drug-likeness (QED) is 0.166. The molecule has 2 aliphatic rings. The second-order valence-electron chi connectivity index (χ2n) is 11.8. The number of nitrogens with zero attached hydrogens (tertiary/aromatic N) is 4. The third-order valence-corrected chi connectivity index (χ3v) is 9.18. The van der Waals surface area contributed by atoms with Gasteiger partial charge in [0, 0.05) is 22.3 Å². The first-order chi connectivity index (χ1) is 22.8. The van der Waals surface area contributed by atoms with Crippen LogP contribution in [-0.4, -0.2) is 9.97 Å². The third-order valence-electron chi connectivity index (χ3n) is 9.18. The first kappa shape index (κ1) is 27.7. The van der Waals surface area contributed by atoms with Crippen molar-refractivity contribution in [1.29, 1.82) is 0 Å². The maximum atomic E-state index is 5.41. The van der Waals surface area contributed by atoms with Crippen molar-refractivity contribution >= 4 is 43.6 Å². The van der Waals surface area contributed by atoms with Crippen molar-refractivity contribution in [2.75, 3.05) is 0 Å². The summed E-state index contributed by atoms with van der Waals surface area (Å²) in [6, 6.07) is 50.8. The van der Waals surface area contributed by atoms with Crippen molar-refractivity contribution in [2.45, 2.75) is 0 Å². The molecule has 4 nitrogen and oxygen atoms in total. The van der Waals surface area contributed by atoms with E-state index in [4.69, 9.17) is 19.9 Å². The first-order valence-corrected chi connectivity index (χ1v) is 15.5. The van der Waals surface area contributed by atoms with Gasteiger partial charge in [0.2, 0.25) is 0 Å². The second-order valence-corrected chi connectivity index (χ2v) is 11.8. The van der Waals surface area contributed by atoms with E-state index in [1.807, 2.05) is 0 Å². The monoisotopic (exact) mass is 648 g/mol. The predicted molar refractivity (Wildman–Crippen MR) is 188 cm³/mol. The van der Waals surface area contributed by atoms with E-state index in [1.54, 1.807) is 0 Å². The Balaban J connectivity index is 0.00000302. The standard InChI is InChI=1S/C42H24N4.Zn/c1-2-12-25(13-3-1)40-41-32-20-10-8-18-30(32)38(45-41)23-36-28-16-6-4-14-26(28)34(43-36)22-35-27-15-5-7-17-29(27)37(44-35)24-39-31-19-9-11-21-33(31)42(40)46-39;/h1-24H;/q-2;+2. The predicted octanol–water partition coefficient (Wildman–Crippen LogP) is 10.2. The Hall–Kier alpha value is -5.64. The van der Waals surface area contributed by atoms with Crippen LogP contribution in [0.4, 0.5) is 0 Å². The maximum Gasteiger partial charge on any atom is 2.00 e. The van der Waals surface area contributed by atoms with Crippen LogP contribution >= 0.6 is 0 Å².